The molecule has 10 nitrogen and oxygen atoms in total. The first-order valence-corrected chi connectivity index (χ1v) is 15.7. The molecule has 4 aliphatic heterocycles. The van der Waals surface area contributed by atoms with Crippen LogP contribution in [0.25, 0.3) is 22.3 Å². The van der Waals surface area contributed by atoms with Crippen LogP contribution in [-0.2, 0) is 34.7 Å². The van der Waals surface area contributed by atoms with Crippen LogP contribution in [0.2, 0.25) is 0 Å². The van der Waals surface area contributed by atoms with Crippen LogP contribution in [0.1, 0.15) is 74.6 Å². The molecule has 6 heterocycles. The number of aromatic nitrogens is 2. The van der Waals surface area contributed by atoms with Crippen LogP contribution in [-0.4, -0.2) is 68.7 Å². The lowest BCUT2D eigenvalue weighted by Gasteiger charge is -2.40. The third-order valence-corrected chi connectivity index (χ3v) is 10.0. The zero-order valence-corrected chi connectivity index (χ0v) is 24.9. The summed E-state index contributed by atoms with van der Waals surface area (Å²) in [6.45, 7) is 8.03. The smallest absolute Gasteiger partial charge is 0.343 e. The van der Waals surface area contributed by atoms with E-state index in [2.05, 4.69) is 11.8 Å². The first kappa shape index (κ1) is 28.0. The molecule has 0 bridgehead atoms. The second kappa shape index (κ2) is 10.7. The highest BCUT2D eigenvalue weighted by Gasteiger charge is 2.45. The van der Waals surface area contributed by atoms with Gasteiger partial charge in [0.25, 0.3) is 11.6 Å². The Balaban J connectivity index is 1.16. The molecule has 4 aliphatic rings. The summed E-state index contributed by atoms with van der Waals surface area (Å²) in [7, 11) is 0. The number of fused-ring (bicyclic) bond motifs is 5. The van der Waals surface area contributed by atoms with Crippen LogP contribution in [0.15, 0.2) is 29.1 Å². The monoisotopic (exact) mass is 585 g/mol. The van der Waals surface area contributed by atoms with Crippen LogP contribution in [0.5, 0.6) is 5.75 Å². The number of likely N-dealkylation sites (tertiary alicyclic amines) is 2. The number of piperidine rings is 2. The van der Waals surface area contributed by atoms with Gasteiger partial charge in [-0.15, -0.1) is 0 Å². The van der Waals surface area contributed by atoms with Crippen molar-refractivity contribution in [1.82, 2.24) is 19.4 Å². The summed E-state index contributed by atoms with van der Waals surface area (Å²) < 4.78 is 13.0. The largest absolute Gasteiger partial charge is 0.458 e. The van der Waals surface area contributed by atoms with E-state index in [1.807, 2.05) is 23.1 Å². The van der Waals surface area contributed by atoms with Gasteiger partial charge < -0.3 is 28.9 Å². The normalized spacial score (nSPS) is 22.2. The van der Waals surface area contributed by atoms with Gasteiger partial charge in [0.2, 0.25) is 0 Å². The van der Waals surface area contributed by atoms with Crippen molar-refractivity contribution in [3.05, 3.63) is 56.9 Å². The average Bonchev–Trinajstić information content (AvgIpc) is 3.41. The van der Waals surface area contributed by atoms with Gasteiger partial charge in [0.15, 0.2) is 5.60 Å². The number of hydrogen-bond acceptors (Lipinski definition) is 8. The summed E-state index contributed by atoms with van der Waals surface area (Å²) in [5.41, 5.74) is 2.60. The summed E-state index contributed by atoms with van der Waals surface area (Å²) in [4.78, 5) is 35.7. The van der Waals surface area contributed by atoms with Crippen molar-refractivity contribution in [2.24, 2.45) is 0 Å². The summed E-state index contributed by atoms with van der Waals surface area (Å²) in [5.74, 6) is -0.130. The minimum Gasteiger partial charge on any atom is -0.458 e. The summed E-state index contributed by atoms with van der Waals surface area (Å²) >= 11 is 0. The van der Waals surface area contributed by atoms with E-state index in [4.69, 9.17) is 19.9 Å². The van der Waals surface area contributed by atoms with Gasteiger partial charge in [0, 0.05) is 35.6 Å². The number of benzene rings is 1. The fourth-order valence-electron chi connectivity index (χ4n) is 7.50. The molecule has 0 saturated carbocycles. The molecule has 3 aromatic rings. The molecule has 1 aromatic carbocycles. The van der Waals surface area contributed by atoms with Gasteiger partial charge in [-0.1, -0.05) is 20.3 Å². The van der Waals surface area contributed by atoms with Crippen LogP contribution in [0.3, 0.4) is 0 Å². The summed E-state index contributed by atoms with van der Waals surface area (Å²) in [5, 5.41) is 20.8. The number of nitrogens with one attached hydrogen (secondary N) is 1. The Morgan fingerprint density at radius 3 is 2.58 bits per heavy atom. The molecule has 7 rings (SSSR count). The molecule has 10 heteroatoms. The third kappa shape index (κ3) is 4.53. The van der Waals surface area contributed by atoms with E-state index in [1.165, 1.54) is 32.4 Å². The predicted octanol–water partition coefficient (Wildman–Crippen LogP) is 3.91. The topological polar surface area (TPSA) is 121 Å². The molecule has 0 unspecified atom stereocenters. The van der Waals surface area contributed by atoms with Gasteiger partial charge in [0.05, 0.1) is 29.0 Å². The number of rotatable bonds is 4. The van der Waals surface area contributed by atoms with E-state index in [-0.39, 0.29) is 24.6 Å². The Morgan fingerprint density at radius 1 is 1.09 bits per heavy atom. The Morgan fingerprint density at radius 2 is 1.86 bits per heavy atom. The van der Waals surface area contributed by atoms with Crippen LogP contribution >= 0.6 is 0 Å². The maximum atomic E-state index is 13.6. The van der Waals surface area contributed by atoms with Gasteiger partial charge in [-0.05, 0) is 81.4 Å². The molecule has 2 aromatic heterocycles. The van der Waals surface area contributed by atoms with Crippen molar-refractivity contribution in [2.45, 2.75) is 83.6 Å². The molecule has 0 radical (unpaired) electrons. The molecule has 2 N–H and O–H groups in total. The second-order valence-electron chi connectivity index (χ2n) is 12.3. The van der Waals surface area contributed by atoms with Gasteiger partial charge in [-0.25, -0.2) is 9.78 Å². The van der Waals surface area contributed by atoms with Gasteiger partial charge in [0.1, 0.15) is 12.4 Å². The number of amidine groups is 1. The van der Waals surface area contributed by atoms with E-state index in [1.54, 1.807) is 17.6 Å². The van der Waals surface area contributed by atoms with Crippen molar-refractivity contribution in [1.29, 1.82) is 5.41 Å². The molecule has 1 atom stereocenters. The lowest BCUT2D eigenvalue weighted by atomic mass is 9.86. The average molecular weight is 586 g/mol. The van der Waals surface area contributed by atoms with Crippen LogP contribution in [0.4, 0.5) is 0 Å². The zero-order chi connectivity index (χ0) is 29.9. The molecule has 2 saturated heterocycles. The first-order chi connectivity index (χ1) is 20.8. The molecular weight excluding hydrogens is 546 g/mol. The molecular formula is C33H39N5O5. The molecule has 2 fully saturated rings. The Bertz CT molecular complexity index is 1690. The highest BCUT2D eigenvalue weighted by molar-refractivity contribution is 5.90. The standard InChI is InChI=1S/C33H39N5O5/c1-3-22-23-16-21(43-32(34)37-14-10-20(11-15-37)36-12-6-5-7-13-36)8-9-27(23)35-29-24(22)18-38-28(29)17-26-25(30(38)39)19-42-31(40)33(26,41)4-2/h8-9,16-17,20,34,41H,3-7,10-15,18-19H2,1-2H3/t33-/m0/s1. The highest BCUT2D eigenvalue weighted by atomic mass is 16.6. The zero-order valence-electron chi connectivity index (χ0n) is 24.9. The number of aliphatic hydroxyl groups is 1. The number of carbonyl (C=O) groups is 1. The van der Waals surface area contributed by atoms with E-state index in [9.17, 15) is 14.7 Å². The van der Waals surface area contributed by atoms with Crippen molar-refractivity contribution < 1.29 is 19.4 Å². The maximum Gasteiger partial charge on any atom is 0.343 e. The van der Waals surface area contributed by atoms with E-state index in [0.717, 1.165) is 54.4 Å². The van der Waals surface area contributed by atoms with E-state index < -0.39 is 11.6 Å². The Hall–Kier alpha value is -3.76. The molecule has 43 heavy (non-hydrogen) atoms. The van der Waals surface area contributed by atoms with Crippen molar-refractivity contribution in [2.75, 3.05) is 26.2 Å². The second-order valence-corrected chi connectivity index (χ2v) is 12.3. The third-order valence-electron chi connectivity index (χ3n) is 10.0. The molecule has 0 aliphatic carbocycles. The maximum absolute atomic E-state index is 13.6. The number of nitrogens with zero attached hydrogens (tertiary/aromatic N) is 4. The number of aryl methyl sites for hydroxylation is 1. The molecule has 226 valence electrons. The number of esters is 1. The molecule has 0 amide bonds. The number of carbonyl (C=O) groups excluding carboxylic acids is 1. The minimum absolute atomic E-state index is 0.105. The quantitative estimate of drug-likeness (QED) is 0.210. The fraction of sp³-hybridized carbons (Fsp3) is 0.515. The predicted molar refractivity (Wildman–Crippen MR) is 162 cm³/mol. The van der Waals surface area contributed by atoms with Gasteiger partial charge in [-0.2, -0.15) is 0 Å². The molecule has 0 spiro atoms. The lowest BCUT2D eigenvalue weighted by Crippen LogP contribution is -2.48. The van der Waals surface area contributed by atoms with Crippen LogP contribution < -0.4 is 10.3 Å². The van der Waals surface area contributed by atoms with Crippen molar-refractivity contribution in [3.63, 3.8) is 0 Å². The first-order valence-electron chi connectivity index (χ1n) is 15.7. The van der Waals surface area contributed by atoms with Gasteiger partial charge in [-0.3, -0.25) is 10.2 Å². The number of pyridine rings is 2. The van der Waals surface area contributed by atoms with Crippen molar-refractivity contribution >= 4 is 22.9 Å². The summed E-state index contributed by atoms with van der Waals surface area (Å²) in [6.07, 6.45) is 6.86. The highest BCUT2D eigenvalue weighted by Crippen LogP contribution is 2.40. The van der Waals surface area contributed by atoms with Crippen LogP contribution in [0, 0.1) is 5.41 Å². The minimum atomic E-state index is -1.85. The van der Waals surface area contributed by atoms with E-state index in [0.29, 0.717) is 40.9 Å². The fourth-order valence-corrected chi connectivity index (χ4v) is 7.50. The van der Waals surface area contributed by atoms with Gasteiger partial charge >= 0.3 is 5.97 Å². The number of ether oxygens (including phenoxy) is 2. The lowest BCUT2D eigenvalue weighted by molar-refractivity contribution is -0.172. The van der Waals surface area contributed by atoms with Crippen molar-refractivity contribution in [3.8, 4) is 17.1 Å². The Labute approximate surface area is 250 Å². The Kier molecular flexibility index (Phi) is 7.01. The van der Waals surface area contributed by atoms with E-state index >= 15 is 0 Å². The number of hydrogen-bond donors (Lipinski definition) is 2. The summed E-state index contributed by atoms with van der Waals surface area (Å²) in [6, 6.07) is 8.23. The number of cyclic esters (lactones) is 1. The SMILES string of the molecule is CCc1c2c(nc3ccc(OC(=N)N4CCC(N5CCCCC5)CC4)cc13)-c1cc3c(c(=O)n1C2)COC(=O)[C@]3(O)CC.